The van der Waals surface area contributed by atoms with E-state index in [1.807, 2.05) is 6.07 Å². The summed E-state index contributed by atoms with van der Waals surface area (Å²) in [7, 11) is 0. The number of carbonyl (C=O) groups excluding carboxylic acids is 1. The molecule has 3 nitrogen and oxygen atoms in total. The first-order chi connectivity index (χ1) is 6.22. The van der Waals surface area contributed by atoms with Crippen molar-refractivity contribution in [1.29, 1.82) is 0 Å². The largest absolute Gasteiger partial charge is 0.298 e. The van der Waals surface area contributed by atoms with Crippen LogP contribution in [0.1, 0.15) is 10.4 Å². The van der Waals surface area contributed by atoms with E-state index >= 15 is 0 Å². The van der Waals surface area contributed by atoms with Gasteiger partial charge >= 0.3 is 0 Å². The highest BCUT2D eigenvalue weighted by Gasteiger charge is 2.07. The molecule has 0 aliphatic rings. The Morgan fingerprint density at radius 1 is 1.46 bits per heavy atom. The molecule has 0 bridgehead atoms. The number of halogens is 2. The summed E-state index contributed by atoms with van der Waals surface area (Å²) < 4.78 is 3.41. The predicted octanol–water partition coefficient (Wildman–Crippen LogP) is 2.67. The number of pyridine rings is 1. The van der Waals surface area contributed by atoms with Crippen LogP contribution < -0.4 is 0 Å². The lowest BCUT2D eigenvalue weighted by molar-refractivity contribution is 0.112. The van der Waals surface area contributed by atoms with E-state index < -0.39 is 0 Å². The van der Waals surface area contributed by atoms with Crippen LogP contribution in [0.3, 0.4) is 0 Å². The lowest BCUT2D eigenvalue weighted by atomic mass is 10.3. The van der Waals surface area contributed by atoms with Gasteiger partial charge in [0.1, 0.15) is 0 Å². The van der Waals surface area contributed by atoms with Crippen LogP contribution in [0, 0.1) is 0 Å². The van der Waals surface area contributed by atoms with Crippen molar-refractivity contribution in [2.75, 3.05) is 0 Å². The molecule has 0 atom stereocenters. The van der Waals surface area contributed by atoms with Gasteiger partial charge in [-0.2, -0.15) is 5.10 Å². The average Bonchev–Trinajstić information content (AvgIpc) is 2.47. The minimum Gasteiger partial charge on any atom is -0.298 e. The summed E-state index contributed by atoms with van der Waals surface area (Å²) in [5.74, 6) is 0. The molecule has 2 aromatic rings. The first kappa shape index (κ1) is 8.90. The van der Waals surface area contributed by atoms with Gasteiger partial charge in [0.2, 0.25) is 0 Å². The molecule has 0 fully saturated rings. The summed E-state index contributed by atoms with van der Waals surface area (Å²) in [5.41, 5.74) is 1.37. The fourth-order valence-electron chi connectivity index (χ4n) is 1.15. The zero-order valence-electron chi connectivity index (χ0n) is 6.37. The molecule has 2 aromatic heterocycles. The predicted molar refractivity (Wildman–Crippen MR) is 56.0 cm³/mol. The van der Waals surface area contributed by atoms with Crippen LogP contribution in [0.5, 0.6) is 0 Å². The molecular weight excluding hydrogens is 300 g/mol. The van der Waals surface area contributed by atoms with E-state index in [4.69, 9.17) is 0 Å². The quantitative estimate of drug-likeness (QED) is 0.759. The van der Waals surface area contributed by atoms with Gasteiger partial charge in [-0.1, -0.05) is 0 Å². The topological polar surface area (TPSA) is 34.4 Å². The van der Waals surface area contributed by atoms with Gasteiger partial charge in [-0.15, -0.1) is 0 Å². The van der Waals surface area contributed by atoms with E-state index in [2.05, 4.69) is 37.0 Å². The number of hydrogen-bond donors (Lipinski definition) is 0. The van der Waals surface area contributed by atoms with Crippen molar-refractivity contribution in [1.82, 2.24) is 9.61 Å². The molecule has 0 aliphatic carbocycles. The number of rotatable bonds is 1. The van der Waals surface area contributed by atoms with E-state index in [1.165, 1.54) is 0 Å². The van der Waals surface area contributed by atoms with Crippen LogP contribution in [-0.2, 0) is 0 Å². The Hall–Kier alpha value is -0.680. The third-order valence-electron chi connectivity index (χ3n) is 1.69. The van der Waals surface area contributed by atoms with Gasteiger partial charge in [0.25, 0.3) is 0 Å². The Morgan fingerprint density at radius 2 is 2.23 bits per heavy atom. The monoisotopic (exact) mass is 302 g/mol. The first-order valence-corrected chi connectivity index (χ1v) is 5.08. The lowest BCUT2D eigenvalue weighted by Crippen LogP contribution is -1.88. The highest BCUT2D eigenvalue weighted by molar-refractivity contribution is 9.11. The fourth-order valence-corrected chi connectivity index (χ4v) is 2.54. The Labute approximate surface area is 91.0 Å². The highest BCUT2D eigenvalue weighted by atomic mass is 79.9. The molecule has 0 saturated heterocycles. The molecule has 0 radical (unpaired) electrons. The number of fused-ring (bicyclic) bond motifs is 1. The highest BCUT2D eigenvalue weighted by Crippen LogP contribution is 2.24. The number of nitrogens with zero attached hydrogens (tertiary/aromatic N) is 2. The number of hydrogen-bond acceptors (Lipinski definition) is 2. The molecule has 66 valence electrons. The second-order valence-electron chi connectivity index (χ2n) is 2.52. The Bertz CT molecular complexity index is 478. The second kappa shape index (κ2) is 3.23. The molecule has 13 heavy (non-hydrogen) atoms. The normalized spacial score (nSPS) is 10.6. The number of aromatic nitrogens is 2. The average molecular weight is 304 g/mol. The maximum absolute atomic E-state index is 10.6. The summed E-state index contributed by atoms with van der Waals surface area (Å²) in [6.45, 7) is 0. The number of carbonyl (C=O) groups is 1. The van der Waals surface area contributed by atoms with E-state index in [0.29, 0.717) is 5.56 Å². The minimum absolute atomic E-state index is 0.583. The van der Waals surface area contributed by atoms with Crippen LogP contribution in [-0.4, -0.2) is 15.9 Å². The molecule has 0 N–H and O–H groups in total. The minimum atomic E-state index is 0.583. The van der Waals surface area contributed by atoms with Crippen LogP contribution in [0.15, 0.2) is 27.4 Å². The maximum Gasteiger partial charge on any atom is 0.153 e. The summed E-state index contributed by atoms with van der Waals surface area (Å²) >= 11 is 6.70. The zero-order chi connectivity index (χ0) is 9.42. The van der Waals surface area contributed by atoms with Gasteiger partial charge in [0, 0.05) is 15.1 Å². The van der Waals surface area contributed by atoms with Crippen molar-refractivity contribution in [2.24, 2.45) is 0 Å². The molecular formula is C8H4Br2N2O. The van der Waals surface area contributed by atoms with Crippen molar-refractivity contribution in [3.8, 4) is 0 Å². The Balaban J connectivity index is 2.89. The van der Waals surface area contributed by atoms with Crippen LogP contribution >= 0.6 is 31.9 Å². The standard InChI is InChI=1S/C8H4Br2N2O/c9-6-1-7(10)8-5(4-13)2-11-12(8)3-6/h1-4H. The summed E-state index contributed by atoms with van der Waals surface area (Å²) in [4.78, 5) is 10.6. The molecule has 2 rings (SSSR count). The second-order valence-corrected chi connectivity index (χ2v) is 4.29. The van der Waals surface area contributed by atoms with E-state index in [0.717, 1.165) is 20.7 Å². The van der Waals surface area contributed by atoms with Crippen molar-refractivity contribution in [3.05, 3.63) is 33.0 Å². The Kier molecular flexibility index (Phi) is 2.21. The third kappa shape index (κ3) is 1.42. The fraction of sp³-hybridized carbons (Fsp3) is 0. The van der Waals surface area contributed by atoms with Gasteiger partial charge in [-0.05, 0) is 37.9 Å². The summed E-state index contributed by atoms with van der Waals surface area (Å²) in [6, 6.07) is 1.88. The van der Waals surface area contributed by atoms with E-state index in [1.54, 1.807) is 16.9 Å². The Morgan fingerprint density at radius 3 is 2.92 bits per heavy atom. The molecule has 0 aliphatic heterocycles. The molecule has 0 unspecified atom stereocenters. The van der Waals surface area contributed by atoms with Crippen molar-refractivity contribution < 1.29 is 4.79 Å². The molecule has 0 aromatic carbocycles. The lowest BCUT2D eigenvalue weighted by Gasteiger charge is -1.98. The van der Waals surface area contributed by atoms with E-state index in [-0.39, 0.29) is 0 Å². The molecule has 0 amide bonds. The van der Waals surface area contributed by atoms with Gasteiger partial charge < -0.3 is 0 Å². The summed E-state index contributed by atoms with van der Waals surface area (Å²) in [5, 5.41) is 4.04. The first-order valence-electron chi connectivity index (χ1n) is 3.50. The van der Waals surface area contributed by atoms with Crippen LogP contribution in [0.2, 0.25) is 0 Å². The van der Waals surface area contributed by atoms with Crippen molar-refractivity contribution >= 4 is 43.7 Å². The molecule has 0 saturated carbocycles. The van der Waals surface area contributed by atoms with Gasteiger partial charge in [-0.3, -0.25) is 4.79 Å². The summed E-state index contributed by atoms with van der Waals surface area (Å²) in [6.07, 6.45) is 4.13. The van der Waals surface area contributed by atoms with Gasteiger partial charge in [-0.25, -0.2) is 4.52 Å². The van der Waals surface area contributed by atoms with Gasteiger partial charge in [0.05, 0.1) is 17.3 Å². The van der Waals surface area contributed by atoms with Crippen molar-refractivity contribution in [2.45, 2.75) is 0 Å². The third-order valence-corrected chi connectivity index (χ3v) is 2.73. The smallest absolute Gasteiger partial charge is 0.153 e. The van der Waals surface area contributed by atoms with Crippen LogP contribution in [0.4, 0.5) is 0 Å². The molecule has 2 heterocycles. The van der Waals surface area contributed by atoms with Crippen molar-refractivity contribution in [3.63, 3.8) is 0 Å². The van der Waals surface area contributed by atoms with Gasteiger partial charge in [0.15, 0.2) is 6.29 Å². The SMILES string of the molecule is O=Cc1cnn2cc(Br)cc(Br)c12. The zero-order valence-corrected chi connectivity index (χ0v) is 9.54. The molecule has 5 heteroatoms. The number of aldehydes is 1. The maximum atomic E-state index is 10.6. The van der Waals surface area contributed by atoms with Crippen LogP contribution in [0.25, 0.3) is 5.52 Å². The molecule has 0 spiro atoms. The van der Waals surface area contributed by atoms with E-state index in [9.17, 15) is 4.79 Å².